The highest BCUT2D eigenvalue weighted by Gasteiger charge is 2.45. The summed E-state index contributed by atoms with van der Waals surface area (Å²) in [6, 6.07) is 7.20. The number of esters is 2. The number of nitrogens with one attached hydrogen (secondary N) is 1. The van der Waals surface area contributed by atoms with Crippen LogP contribution in [0.4, 0.5) is 0 Å². The van der Waals surface area contributed by atoms with E-state index >= 15 is 0 Å². The lowest BCUT2D eigenvalue weighted by Gasteiger charge is -2.40. The molecular weight excluding hydrogens is 721 g/mol. The van der Waals surface area contributed by atoms with Gasteiger partial charge in [0.2, 0.25) is 23.6 Å². The normalized spacial score (nSPS) is 27.2. The predicted octanol–water partition coefficient (Wildman–Crippen LogP) is 3.21. The summed E-state index contributed by atoms with van der Waals surface area (Å²) in [5.74, 6) is -3.63. The molecule has 1 aromatic rings. The minimum atomic E-state index is -0.835. The third-order valence-electron chi connectivity index (χ3n) is 11.0. The number of Topliss-reactive ketones (excluding diaryl/α,β-unsaturated/α-hetero) is 1. The molecule has 4 amide bonds. The third-order valence-corrected chi connectivity index (χ3v) is 13.6. The molecule has 0 aliphatic carbocycles. The van der Waals surface area contributed by atoms with Crippen molar-refractivity contribution in [2.24, 2.45) is 23.5 Å². The van der Waals surface area contributed by atoms with Crippen molar-refractivity contribution in [1.29, 1.82) is 0 Å². The SMILES string of the molecule is COC(=O)[C@@H]1CCC[C@@H]2SCC[C@H](CC(=O)[C@H](CC[C@H](Cc3ccccc3)C(=O)N[C@H]3CCS[C@H]4CCC[C@@H](C(=O)OC)N4C3=O)CC(N)=O)C(=O)N21. The monoisotopic (exact) mass is 772 g/mol. The molecule has 5 rings (SSSR count). The summed E-state index contributed by atoms with van der Waals surface area (Å²) in [7, 11) is 2.61. The summed E-state index contributed by atoms with van der Waals surface area (Å²) < 4.78 is 10.0. The predicted molar refractivity (Wildman–Crippen MR) is 200 cm³/mol. The number of carbonyl (C=O) groups excluding carboxylic acids is 7. The van der Waals surface area contributed by atoms with E-state index < -0.39 is 53.7 Å². The van der Waals surface area contributed by atoms with Gasteiger partial charge in [-0.05, 0) is 87.7 Å². The van der Waals surface area contributed by atoms with Crippen molar-refractivity contribution in [3.05, 3.63) is 35.9 Å². The van der Waals surface area contributed by atoms with Crippen LogP contribution in [0, 0.1) is 17.8 Å². The second-order valence-electron chi connectivity index (χ2n) is 14.4. The molecule has 4 saturated heterocycles. The van der Waals surface area contributed by atoms with Crippen molar-refractivity contribution in [2.75, 3.05) is 25.7 Å². The fourth-order valence-corrected chi connectivity index (χ4v) is 11.0. The third kappa shape index (κ3) is 10.1. The number of methoxy groups -OCH3 is 2. The molecule has 0 bridgehead atoms. The van der Waals surface area contributed by atoms with E-state index in [-0.39, 0.29) is 59.9 Å². The molecular formula is C38H52N4O9S2. The quantitative estimate of drug-likeness (QED) is 0.265. The molecule has 4 heterocycles. The highest BCUT2D eigenvalue weighted by Crippen LogP contribution is 2.38. The van der Waals surface area contributed by atoms with Crippen LogP contribution in [-0.4, -0.2) is 106 Å². The van der Waals surface area contributed by atoms with Gasteiger partial charge in [0.25, 0.3) is 0 Å². The number of hydrogen-bond donors (Lipinski definition) is 2. The van der Waals surface area contributed by atoms with Crippen LogP contribution in [0.3, 0.4) is 0 Å². The first-order chi connectivity index (χ1) is 25.5. The van der Waals surface area contributed by atoms with E-state index in [1.807, 2.05) is 30.3 Å². The number of nitrogens with zero attached hydrogens (tertiary/aromatic N) is 2. The summed E-state index contributed by atoms with van der Waals surface area (Å²) in [5, 5.41) is 2.66. The Morgan fingerprint density at radius 2 is 1.36 bits per heavy atom. The highest BCUT2D eigenvalue weighted by molar-refractivity contribution is 8.00. The van der Waals surface area contributed by atoms with E-state index in [0.29, 0.717) is 43.6 Å². The number of piperidine rings is 2. The van der Waals surface area contributed by atoms with Crippen LogP contribution in [0.25, 0.3) is 0 Å². The molecule has 290 valence electrons. The number of amides is 4. The number of fused-ring (bicyclic) bond motifs is 2. The van der Waals surface area contributed by atoms with Crippen molar-refractivity contribution < 1.29 is 43.0 Å². The number of nitrogens with two attached hydrogens (primary N) is 1. The number of thioether (sulfide) groups is 2. The minimum Gasteiger partial charge on any atom is -0.467 e. The number of primary amides is 1. The van der Waals surface area contributed by atoms with Gasteiger partial charge in [-0.25, -0.2) is 9.59 Å². The Bertz CT molecular complexity index is 1510. The number of hydrogen-bond acceptors (Lipinski definition) is 11. The van der Waals surface area contributed by atoms with Crippen LogP contribution in [0.2, 0.25) is 0 Å². The second-order valence-corrected chi connectivity index (χ2v) is 17.0. The molecule has 0 saturated carbocycles. The Kier molecular flexibility index (Phi) is 14.7. The Morgan fingerprint density at radius 1 is 0.792 bits per heavy atom. The van der Waals surface area contributed by atoms with Gasteiger partial charge in [-0.3, -0.25) is 24.0 Å². The molecule has 15 heteroatoms. The van der Waals surface area contributed by atoms with E-state index in [4.69, 9.17) is 15.2 Å². The molecule has 0 aromatic heterocycles. The van der Waals surface area contributed by atoms with Crippen molar-refractivity contribution >= 4 is 64.9 Å². The molecule has 8 atom stereocenters. The average molecular weight is 773 g/mol. The average Bonchev–Trinajstić information content (AvgIpc) is 3.42. The second kappa shape index (κ2) is 19.1. The fourth-order valence-electron chi connectivity index (χ4n) is 8.16. The lowest BCUT2D eigenvalue weighted by molar-refractivity contribution is -0.157. The van der Waals surface area contributed by atoms with Gasteiger partial charge < -0.3 is 30.3 Å². The lowest BCUT2D eigenvalue weighted by Crippen LogP contribution is -2.57. The first-order valence-electron chi connectivity index (χ1n) is 18.7. The lowest BCUT2D eigenvalue weighted by atomic mass is 9.83. The van der Waals surface area contributed by atoms with Crippen LogP contribution in [0.5, 0.6) is 0 Å². The largest absolute Gasteiger partial charge is 0.467 e. The van der Waals surface area contributed by atoms with Gasteiger partial charge in [0, 0.05) is 30.6 Å². The topological polar surface area (TPSA) is 182 Å². The van der Waals surface area contributed by atoms with E-state index in [1.165, 1.54) is 14.2 Å². The van der Waals surface area contributed by atoms with Crippen molar-refractivity contribution in [1.82, 2.24) is 15.1 Å². The van der Waals surface area contributed by atoms with Gasteiger partial charge in [0.1, 0.15) is 23.9 Å². The molecule has 3 N–H and O–H groups in total. The van der Waals surface area contributed by atoms with Crippen molar-refractivity contribution in [3.63, 3.8) is 0 Å². The maximum absolute atomic E-state index is 14.1. The van der Waals surface area contributed by atoms with Gasteiger partial charge >= 0.3 is 11.9 Å². The molecule has 0 spiro atoms. The molecule has 4 aliphatic rings. The molecule has 0 unspecified atom stereocenters. The maximum atomic E-state index is 14.1. The van der Waals surface area contributed by atoms with Gasteiger partial charge in [0.05, 0.1) is 25.0 Å². The summed E-state index contributed by atoms with van der Waals surface area (Å²) in [4.78, 5) is 96.7. The number of ether oxygens (including phenoxy) is 2. The zero-order chi connectivity index (χ0) is 38.1. The van der Waals surface area contributed by atoms with Gasteiger partial charge in [-0.15, -0.1) is 23.5 Å². The Balaban J connectivity index is 1.30. The van der Waals surface area contributed by atoms with Crippen molar-refractivity contribution in [2.45, 2.75) is 112 Å². The van der Waals surface area contributed by atoms with Crippen LogP contribution >= 0.6 is 23.5 Å². The first-order valence-corrected chi connectivity index (χ1v) is 20.8. The Hall–Kier alpha value is -3.59. The van der Waals surface area contributed by atoms with Crippen LogP contribution in [-0.2, 0) is 49.5 Å². The number of benzene rings is 1. The van der Waals surface area contributed by atoms with E-state index in [2.05, 4.69) is 5.32 Å². The molecule has 4 aliphatic heterocycles. The van der Waals surface area contributed by atoms with Gasteiger partial charge in [0.15, 0.2) is 0 Å². The minimum absolute atomic E-state index is 0.101. The molecule has 1 aromatic carbocycles. The van der Waals surface area contributed by atoms with Gasteiger partial charge in [-0.1, -0.05) is 30.3 Å². The fraction of sp³-hybridized carbons (Fsp3) is 0.658. The van der Waals surface area contributed by atoms with Crippen molar-refractivity contribution in [3.8, 4) is 0 Å². The van der Waals surface area contributed by atoms with Crippen LogP contribution in [0.15, 0.2) is 30.3 Å². The summed E-state index contributed by atoms with van der Waals surface area (Å²) in [5.41, 5.74) is 6.53. The standard InChI is InChI=1S/C38H52N4O9S2/c1-50-37(48)28-10-6-12-32-41(28)35(46)26(16-18-52-32)21-30(43)24(22-31(39)44)14-15-25(20-23-8-4-3-5-9-23)34(45)40-27-17-19-53-33-13-7-11-29(38(49)51-2)42(33)36(27)47/h3-5,8-9,24-29,32-33H,6-7,10-22H2,1-2H3,(H2,39,44)(H,40,45)/t24-,25-,26-,27+,28+,29+,32+,33+/m1/s1. The Morgan fingerprint density at radius 3 is 1.94 bits per heavy atom. The first kappa shape index (κ1) is 40.6. The van der Waals surface area contributed by atoms with E-state index in [1.54, 1.807) is 33.3 Å². The number of carbonyl (C=O) groups is 7. The van der Waals surface area contributed by atoms with Crippen LogP contribution < -0.4 is 11.1 Å². The molecule has 0 radical (unpaired) electrons. The zero-order valence-corrected chi connectivity index (χ0v) is 32.2. The van der Waals surface area contributed by atoms with Crippen LogP contribution in [0.1, 0.15) is 82.6 Å². The van der Waals surface area contributed by atoms with E-state index in [0.717, 1.165) is 31.2 Å². The molecule has 4 fully saturated rings. The van der Waals surface area contributed by atoms with E-state index in [9.17, 15) is 33.6 Å². The zero-order valence-electron chi connectivity index (χ0n) is 30.6. The molecule has 53 heavy (non-hydrogen) atoms. The smallest absolute Gasteiger partial charge is 0.328 e. The number of ketones is 1. The summed E-state index contributed by atoms with van der Waals surface area (Å²) in [6.45, 7) is 0. The summed E-state index contributed by atoms with van der Waals surface area (Å²) in [6.07, 6.45) is 5.37. The highest BCUT2D eigenvalue weighted by atomic mass is 32.2. The maximum Gasteiger partial charge on any atom is 0.328 e. The summed E-state index contributed by atoms with van der Waals surface area (Å²) >= 11 is 3.22. The molecule has 13 nitrogen and oxygen atoms in total. The Labute approximate surface area is 319 Å². The number of rotatable bonds is 14. The van der Waals surface area contributed by atoms with Gasteiger partial charge in [-0.2, -0.15) is 0 Å².